The summed E-state index contributed by atoms with van der Waals surface area (Å²) in [7, 11) is 0. The van der Waals surface area contributed by atoms with E-state index in [0.717, 1.165) is 24.0 Å². The van der Waals surface area contributed by atoms with Gasteiger partial charge in [-0.2, -0.15) is 0 Å². The van der Waals surface area contributed by atoms with E-state index in [0.29, 0.717) is 35.7 Å². The number of rotatable bonds is 8. The monoisotopic (exact) mass is 391 g/mol. The first-order valence-electron chi connectivity index (χ1n) is 9.77. The molecule has 2 N–H and O–H groups in total. The third-order valence-corrected chi connectivity index (χ3v) is 4.62. The largest absolute Gasteiger partial charge is 0.360 e. The van der Waals surface area contributed by atoms with Crippen molar-refractivity contribution in [2.75, 3.05) is 6.54 Å². The van der Waals surface area contributed by atoms with E-state index in [1.54, 1.807) is 19.1 Å². The summed E-state index contributed by atoms with van der Waals surface area (Å²) in [5.41, 5.74) is 3.30. The van der Waals surface area contributed by atoms with Gasteiger partial charge in [0, 0.05) is 24.2 Å². The lowest BCUT2D eigenvalue weighted by Crippen LogP contribution is -2.25. The molecule has 0 bridgehead atoms. The van der Waals surface area contributed by atoms with Gasteiger partial charge in [-0.1, -0.05) is 61.0 Å². The molecule has 0 aliphatic carbocycles. The standard InChI is InChI=1S/C23H25N3O3/c1-3-4-14-24-22(27)19-12-10-17(11-13-19)15-25-23(28)20-16(2)29-26-21(20)18-8-6-5-7-9-18/h5-13H,3-4,14-15H2,1-2H3,(H,24,27)(H,25,28). The Bertz CT molecular complexity index is 963. The molecule has 3 aromatic rings. The highest BCUT2D eigenvalue weighted by Crippen LogP contribution is 2.25. The number of carbonyl (C=O) groups is 2. The van der Waals surface area contributed by atoms with Crippen molar-refractivity contribution < 1.29 is 14.1 Å². The lowest BCUT2D eigenvalue weighted by molar-refractivity contribution is 0.0942. The van der Waals surface area contributed by atoms with Crippen LogP contribution in [0.2, 0.25) is 0 Å². The predicted molar refractivity (Wildman–Crippen MR) is 112 cm³/mol. The second-order valence-corrected chi connectivity index (χ2v) is 6.82. The highest BCUT2D eigenvalue weighted by atomic mass is 16.5. The minimum absolute atomic E-state index is 0.0818. The normalized spacial score (nSPS) is 10.6. The second-order valence-electron chi connectivity index (χ2n) is 6.82. The fraction of sp³-hybridized carbons (Fsp3) is 0.261. The molecule has 6 heteroatoms. The third-order valence-electron chi connectivity index (χ3n) is 4.62. The summed E-state index contributed by atoms with van der Waals surface area (Å²) in [5, 5.41) is 9.84. The van der Waals surface area contributed by atoms with Gasteiger partial charge in [0.25, 0.3) is 11.8 Å². The van der Waals surface area contributed by atoms with Crippen molar-refractivity contribution in [3.63, 3.8) is 0 Å². The first-order valence-corrected chi connectivity index (χ1v) is 9.77. The number of hydrogen-bond acceptors (Lipinski definition) is 4. The topological polar surface area (TPSA) is 84.2 Å². The van der Waals surface area contributed by atoms with Crippen LogP contribution in [-0.2, 0) is 6.54 Å². The zero-order chi connectivity index (χ0) is 20.6. The maximum atomic E-state index is 12.7. The number of carbonyl (C=O) groups excluding carboxylic acids is 2. The molecule has 0 fully saturated rings. The summed E-state index contributed by atoms with van der Waals surface area (Å²) in [5.74, 6) is 0.145. The van der Waals surface area contributed by atoms with Gasteiger partial charge in [-0.3, -0.25) is 9.59 Å². The molecular weight excluding hydrogens is 366 g/mol. The summed E-state index contributed by atoms with van der Waals surface area (Å²) in [6, 6.07) is 16.7. The van der Waals surface area contributed by atoms with Crippen molar-refractivity contribution in [1.82, 2.24) is 15.8 Å². The minimum Gasteiger partial charge on any atom is -0.360 e. The van der Waals surface area contributed by atoms with Crippen molar-refractivity contribution in [3.8, 4) is 11.3 Å². The van der Waals surface area contributed by atoms with Crippen LogP contribution >= 0.6 is 0 Å². The van der Waals surface area contributed by atoms with E-state index in [9.17, 15) is 9.59 Å². The number of amides is 2. The van der Waals surface area contributed by atoms with Crippen molar-refractivity contribution in [3.05, 3.63) is 77.0 Å². The van der Waals surface area contributed by atoms with E-state index in [4.69, 9.17) is 4.52 Å². The molecule has 0 saturated heterocycles. The van der Waals surface area contributed by atoms with Crippen LogP contribution in [0, 0.1) is 6.92 Å². The van der Waals surface area contributed by atoms with E-state index in [-0.39, 0.29) is 11.8 Å². The van der Waals surface area contributed by atoms with Crippen LogP contribution in [0.3, 0.4) is 0 Å². The van der Waals surface area contributed by atoms with Crippen LogP contribution in [0.1, 0.15) is 51.8 Å². The Morgan fingerprint density at radius 1 is 0.966 bits per heavy atom. The Morgan fingerprint density at radius 3 is 2.38 bits per heavy atom. The summed E-state index contributed by atoms with van der Waals surface area (Å²) in [6.45, 7) is 4.82. The zero-order valence-corrected chi connectivity index (χ0v) is 16.7. The van der Waals surface area contributed by atoms with Gasteiger partial charge in [-0.15, -0.1) is 0 Å². The van der Waals surface area contributed by atoms with Crippen LogP contribution in [0.5, 0.6) is 0 Å². The van der Waals surface area contributed by atoms with Crippen LogP contribution < -0.4 is 10.6 Å². The minimum atomic E-state index is -0.246. The Morgan fingerprint density at radius 2 is 1.69 bits per heavy atom. The van der Waals surface area contributed by atoms with Crippen molar-refractivity contribution in [2.45, 2.75) is 33.2 Å². The Labute approximate surface area is 170 Å². The third kappa shape index (κ3) is 5.10. The van der Waals surface area contributed by atoms with E-state index in [2.05, 4.69) is 22.7 Å². The fourth-order valence-corrected chi connectivity index (χ4v) is 2.96. The predicted octanol–water partition coefficient (Wildman–Crippen LogP) is 4.11. The highest BCUT2D eigenvalue weighted by molar-refractivity contribution is 6.00. The molecule has 0 aliphatic rings. The molecule has 0 radical (unpaired) electrons. The van der Waals surface area contributed by atoms with Crippen LogP contribution in [0.15, 0.2) is 59.1 Å². The molecule has 1 aromatic heterocycles. The molecule has 2 aromatic carbocycles. The first-order chi connectivity index (χ1) is 14.1. The van der Waals surface area contributed by atoms with E-state index >= 15 is 0 Å². The average molecular weight is 391 g/mol. The lowest BCUT2D eigenvalue weighted by Gasteiger charge is -2.08. The van der Waals surface area contributed by atoms with Gasteiger partial charge in [0.15, 0.2) is 0 Å². The number of aryl methyl sites for hydroxylation is 1. The van der Waals surface area contributed by atoms with Crippen LogP contribution in [0.4, 0.5) is 0 Å². The molecule has 29 heavy (non-hydrogen) atoms. The molecule has 0 saturated carbocycles. The van der Waals surface area contributed by atoms with Crippen molar-refractivity contribution in [1.29, 1.82) is 0 Å². The molecular formula is C23H25N3O3. The number of nitrogens with one attached hydrogen (secondary N) is 2. The Kier molecular flexibility index (Phi) is 6.79. The zero-order valence-electron chi connectivity index (χ0n) is 16.7. The van der Waals surface area contributed by atoms with Crippen molar-refractivity contribution >= 4 is 11.8 Å². The van der Waals surface area contributed by atoms with Gasteiger partial charge in [-0.05, 0) is 31.0 Å². The molecule has 0 unspecified atom stereocenters. The van der Waals surface area contributed by atoms with Gasteiger partial charge in [0.1, 0.15) is 17.0 Å². The van der Waals surface area contributed by atoms with Gasteiger partial charge < -0.3 is 15.2 Å². The summed E-state index contributed by atoms with van der Waals surface area (Å²) >= 11 is 0. The number of aromatic nitrogens is 1. The lowest BCUT2D eigenvalue weighted by atomic mass is 10.1. The molecule has 2 amide bonds. The molecule has 150 valence electrons. The number of nitrogens with zero attached hydrogens (tertiary/aromatic N) is 1. The Hall–Kier alpha value is -3.41. The number of unbranched alkanes of at least 4 members (excludes halogenated alkanes) is 1. The maximum Gasteiger partial charge on any atom is 0.257 e. The maximum absolute atomic E-state index is 12.7. The molecule has 0 atom stereocenters. The quantitative estimate of drug-likeness (QED) is 0.566. The first kappa shape index (κ1) is 20.3. The van der Waals surface area contributed by atoms with Gasteiger partial charge in [-0.25, -0.2) is 0 Å². The second kappa shape index (κ2) is 9.68. The Balaban J connectivity index is 1.63. The van der Waals surface area contributed by atoms with Gasteiger partial charge in [0.2, 0.25) is 0 Å². The molecule has 3 rings (SSSR count). The summed E-state index contributed by atoms with van der Waals surface area (Å²) < 4.78 is 5.25. The summed E-state index contributed by atoms with van der Waals surface area (Å²) in [4.78, 5) is 24.8. The SMILES string of the molecule is CCCCNC(=O)c1ccc(CNC(=O)c2c(-c3ccccc3)noc2C)cc1. The van der Waals surface area contributed by atoms with E-state index < -0.39 is 0 Å². The molecule has 0 spiro atoms. The van der Waals surface area contributed by atoms with E-state index in [1.807, 2.05) is 42.5 Å². The van der Waals surface area contributed by atoms with Crippen molar-refractivity contribution in [2.24, 2.45) is 0 Å². The van der Waals surface area contributed by atoms with Crippen LogP contribution in [-0.4, -0.2) is 23.5 Å². The van der Waals surface area contributed by atoms with Crippen LogP contribution in [0.25, 0.3) is 11.3 Å². The highest BCUT2D eigenvalue weighted by Gasteiger charge is 2.21. The fourth-order valence-electron chi connectivity index (χ4n) is 2.96. The smallest absolute Gasteiger partial charge is 0.257 e. The van der Waals surface area contributed by atoms with Gasteiger partial charge in [0.05, 0.1) is 0 Å². The molecule has 0 aliphatic heterocycles. The summed E-state index contributed by atoms with van der Waals surface area (Å²) in [6.07, 6.45) is 2.00. The molecule has 6 nitrogen and oxygen atoms in total. The average Bonchev–Trinajstić information content (AvgIpc) is 3.14. The van der Waals surface area contributed by atoms with E-state index in [1.165, 1.54) is 0 Å². The number of benzene rings is 2. The number of hydrogen-bond donors (Lipinski definition) is 2. The van der Waals surface area contributed by atoms with Gasteiger partial charge >= 0.3 is 0 Å². The molecule has 1 heterocycles.